The fourth-order valence-corrected chi connectivity index (χ4v) is 2.05. The second-order valence-corrected chi connectivity index (χ2v) is 4.71. The SMILES string of the molecule is O=P(O)(O)O[C@H]1[C@@H](O)[C@H](O)[C@@H](O)[C@@H](O)[C@@H]1O. The maximum atomic E-state index is 10.5. The van der Waals surface area contributed by atoms with Crippen LogP contribution in [0.4, 0.5) is 0 Å². The van der Waals surface area contributed by atoms with Gasteiger partial charge in [-0.2, -0.15) is 0 Å². The van der Waals surface area contributed by atoms with E-state index in [0.29, 0.717) is 0 Å². The Hall–Kier alpha value is -0.0900. The zero-order valence-corrected chi connectivity index (χ0v) is 8.75. The molecule has 0 amide bonds. The van der Waals surface area contributed by atoms with E-state index in [4.69, 9.17) is 14.9 Å². The van der Waals surface area contributed by atoms with E-state index in [0.717, 1.165) is 0 Å². The van der Waals surface area contributed by atoms with Crippen molar-refractivity contribution >= 4 is 7.82 Å². The van der Waals surface area contributed by atoms with Crippen molar-refractivity contribution in [2.75, 3.05) is 0 Å². The average Bonchev–Trinajstić information content (AvgIpc) is 2.17. The lowest BCUT2D eigenvalue weighted by molar-refractivity contribution is -0.219. The van der Waals surface area contributed by atoms with Crippen molar-refractivity contribution in [1.82, 2.24) is 0 Å². The van der Waals surface area contributed by atoms with Crippen LogP contribution in [-0.2, 0) is 9.09 Å². The first-order valence-electron chi connectivity index (χ1n) is 4.29. The first-order valence-corrected chi connectivity index (χ1v) is 5.82. The molecule has 1 saturated carbocycles. The molecule has 0 aromatic heterocycles. The highest BCUT2D eigenvalue weighted by Gasteiger charge is 2.50. The second-order valence-electron chi connectivity index (χ2n) is 3.51. The maximum absolute atomic E-state index is 10.5. The van der Waals surface area contributed by atoms with Crippen molar-refractivity contribution in [2.24, 2.45) is 0 Å². The first-order chi connectivity index (χ1) is 7.15. The van der Waals surface area contributed by atoms with Crippen LogP contribution in [0.5, 0.6) is 0 Å². The molecule has 0 saturated heterocycles. The Morgan fingerprint density at radius 2 is 1.06 bits per heavy atom. The van der Waals surface area contributed by atoms with Crippen molar-refractivity contribution < 1.29 is 44.4 Å². The Bertz CT molecular complexity index is 274. The van der Waals surface area contributed by atoms with Gasteiger partial charge in [-0.1, -0.05) is 0 Å². The summed E-state index contributed by atoms with van der Waals surface area (Å²) in [4.78, 5) is 17.0. The molecule has 0 heterocycles. The smallest absolute Gasteiger partial charge is 0.387 e. The van der Waals surface area contributed by atoms with Gasteiger partial charge in [-0.15, -0.1) is 0 Å². The molecule has 16 heavy (non-hydrogen) atoms. The Morgan fingerprint density at radius 1 is 0.750 bits per heavy atom. The predicted octanol–water partition coefficient (Wildman–Crippen LogP) is -3.72. The summed E-state index contributed by atoms with van der Waals surface area (Å²) in [5, 5.41) is 46.1. The molecule has 0 radical (unpaired) electrons. The molecule has 0 bridgehead atoms. The van der Waals surface area contributed by atoms with Crippen molar-refractivity contribution in [1.29, 1.82) is 0 Å². The maximum Gasteiger partial charge on any atom is 0.470 e. The van der Waals surface area contributed by atoms with Gasteiger partial charge in [0.2, 0.25) is 0 Å². The number of hydrogen-bond donors (Lipinski definition) is 7. The highest BCUT2D eigenvalue weighted by molar-refractivity contribution is 7.46. The third-order valence-electron chi connectivity index (χ3n) is 2.33. The Labute approximate surface area is 89.8 Å². The normalized spacial score (nSPS) is 45.7. The summed E-state index contributed by atoms with van der Waals surface area (Å²) in [6.07, 6.45) is -11.3. The van der Waals surface area contributed by atoms with Gasteiger partial charge >= 0.3 is 7.82 Å². The summed E-state index contributed by atoms with van der Waals surface area (Å²) < 4.78 is 14.5. The van der Waals surface area contributed by atoms with Crippen LogP contribution in [0.15, 0.2) is 0 Å². The zero-order valence-electron chi connectivity index (χ0n) is 7.86. The Balaban J connectivity index is 2.87. The molecular weight excluding hydrogens is 247 g/mol. The third kappa shape index (κ3) is 2.77. The highest BCUT2D eigenvalue weighted by atomic mass is 31.2. The monoisotopic (exact) mass is 260 g/mol. The van der Waals surface area contributed by atoms with Gasteiger partial charge in [0.1, 0.15) is 36.6 Å². The molecule has 0 spiro atoms. The van der Waals surface area contributed by atoms with E-state index >= 15 is 0 Å². The lowest BCUT2D eigenvalue weighted by Crippen LogP contribution is -2.64. The molecular formula is C6H13O9P. The molecule has 1 aliphatic carbocycles. The van der Waals surface area contributed by atoms with E-state index < -0.39 is 44.4 Å². The molecule has 10 heteroatoms. The van der Waals surface area contributed by atoms with E-state index in [2.05, 4.69) is 4.52 Å². The Morgan fingerprint density at radius 3 is 1.38 bits per heavy atom. The largest absolute Gasteiger partial charge is 0.470 e. The number of hydrogen-bond acceptors (Lipinski definition) is 7. The standard InChI is InChI=1S/C6H13O9P/c7-1-2(8)4(10)6(5(11)3(1)9)15-16(12,13)14/h1-11H,(H2,12,13,14)/t1-,2-,3-,4+,5+,6+/m1/s1. The summed E-state index contributed by atoms with van der Waals surface area (Å²) in [5.41, 5.74) is 0. The summed E-state index contributed by atoms with van der Waals surface area (Å²) in [7, 11) is -5.01. The summed E-state index contributed by atoms with van der Waals surface area (Å²) in [6, 6.07) is 0. The van der Waals surface area contributed by atoms with E-state index in [1.165, 1.54) is 0 Å². The van der Waals surface area contributed by atoms with Gasteiger partial charge in [-0.3, -0.25) is 4.52 Å². The molecule has 96 valence electrons. The van der Waals surface area contributed by atoms with Crippen molar-refractivity contribution in [3.8, 4) is 0 Å². The topological polar surface area (TPSA) is 168 Å². The Kier molecular flexibility index (Phi) is 4.06. The van der Waals surface area contributed by atoms with Crippen molar-refractivity contribution in [3.05, 3.63) is 0 Å². The van der Waals surface area contributed by atoms with Crippen LogP contribution in [0, 0.1) is 0 Å². The van der Waals surface area contributed by atoms with Gasteiger partial charge in [-0.25, -0.2) is 4.57 Å². The molecule has 1 aliphatic rings. The van der Waals surface area contributed by atoms with Crippen LogP contribution in [0.3, 0.4) is 0 Å². The van der Waals surface area contributed by atoms with Crippen LogP contribution in [0.1, 0.15) is 0 Å². The number of aliphatic hydroxyl groups excluding tert-OH is 5. The summed E-state index contributed by atoms with van der Waals surface area (Å²) in [5.74, 6) is 0. The number of rotatable bonds is 2. The van der Waals surface area contributed by atoms with Crippen LogP contribution in [0.25, 0.3) is 0 Å². The molecule has 7 N–H and O–H groups in total. The van der Waals surface area contributed by atoms with Gasteiger partial charge in [0.25, 0.3) is 0 Å². The van der Waals surface area contributed by atoms with E-state index in [-0.39, 0.29) is 0 Å². The van der Waals surface area contributed by atoms with Crippen LogP contribution < -0.4 is 0 Å². The second kappa shape index (κ2) is 4.65. The average molecular weight is 260 g/mol. The van der Waals surface area contributed by atoms with Crippen LogP contribution >= 0.6 is 7.82 Å². The van der Waals surface area contributed by atoms with Crippen LogP contribution in [0.2, 0.25) is 0 Å². The fraction of sp³-hybridized carbons (Fsp3) is 1.00. The summed E-state index contributed by atoms with van der Waals surface area (Å²) >= 11 is 0. The third-order valence-corrected chi connectivity index (χ3v) is 2.85. The predicted molar refractivity (Wildman–Crippen MR) is 47.0 cm³/mol. The van der Waals surface area contributed by atoms with E-state index in [1.807, 2.05) is 0 Å². The molecule has 0 aromatic carbocycles. The lowest BCUT2D eigenvalue weighted by atomic mass is 9.85. The molecule has 9 nitrogen and oxygen atoms in total. The minimum Gasteiger partial charge on any atom is -0.387 e. The van der Waals surface area contributed by atoms with Gasteiger partial charge in [0, 0.05) is 0 Å². The number of phosphoric acid groups is 1. The number of phosphoric ester groups is 1. The fourth-order valence-electron chi connectivity index (χ4n) is 1.48. The molecule has 1 rings (SSSR count). The van der Waals surface area contributed by atoms with E-state index in [9.17, 15) is 25.0 Å². The van der Waals surface area contributed by atoms with Gasteiger partial charge < -0.3 is 35.3 Å². The van der Waals surface area contributed by atoms with Gasteiger partial charge in [0.15, 0.2) is 0 Å². The molecule has 1 fully saturated rings. The minimum absolute atomic E-state index is 1.83. The van der Waals surface area contributed by atoms with E-state index in [1.54, 1.807) is 0 Å². The van der Waals surface area contributed by atoms with Crippen molar-refractivity contribution in [3.63, 3.8) is 0 Å². The van der Waals surface area contributed by atoms with Crippen LogP contribution in [-0.4, -0.2) is 71.9 Å². The molecule has 0 unspecified atom stereocenters. The minimum atomic E-state index is -5.01. The molecule has 0 aliphatic heterocycles. The zero-order chi connectivity index (χ0) is 12.7. The summed E-state index contributed by atoms with van der Waals surface area (Å²) in [6.45, 7) is 0. The van der Waals surface area contributed by atoms with Gasteiger partial charge in [-0.05, 0) is 0 Å². The molecule has 4 atom stereocenters. The lowest BCUT2D eigenvalue weighted by Gasteiger charge is -2.41. The number of aliphatic hydroxyl groups is 5. The highest BCUT2D eigenvalue weighted by Crippen LogP contribution is 2.41. The first kappa shape index (κ1) is 14.0. The van der Waals surface area contributed by atoms with Gasteiger partial charge in [0.05, 0.1) is 0 Å². The molecule has 0 aromatic rings. The quantitative estimate of drug-likeness (QED) is 0.247. The van der Waals surface area contributed by atoms with Crippen molar-refractivity contribution in [2.45, 2.75) is 36.6 Å².